The highest BCUT2D eigenvalue weighted by Gasteiger charge is 2.19. The molecule has 1 atom stereocenters. The van der Waals surface area contributed by atoms with Gasteiger partial charge in [-0.25, -0.2) is 4.79 Å². The van der Waals surface area contributed by atoms with E-state index in [0.717, 1.165) is 6.07 Å². The Morgan fingerprint density at radius 3 is 2.50 bits per heavy atom. The van der Waals surface area contributed by atoms with E-state index >= 15 is 0 Å². The van der Waals surface area contributed by atoms with Crippen molar-refractivity contribution >= 4 is 34.9 Å². The highest BCUT2D eigenvalue weighted by molar-refractivity contribution is 6.30. The first-order valence-corrected chi connectivity index (χ1v) is 8.39. The molecule has 2 aromatic carbocycles. The summed E-state index contributed by atoms with van der Waals surface area (Å²) in [6, 6.07) is 10.1. The van der Waals surface area contributed by atoms with E-state index in [2.05, 4.69) is 5.32 Å². The summed E-state index contributed by atoms with van der Waals surface area (Å²) in [7, 11) is 1.35. The zero-order valence-corrected chi connectivity index (χ0v) is 15.8. The first-order valence-electron chi connectivity index (χ1n) is 8.01. The van der Waals surface area contributed by atoms with Crippen LogP contribution in [0.5, 0.6) is 11.5 Å². The van der Waals surface area contributed by atoms with Crippen molar-refractivity contribution in [2.45, 2.75) is 13.0 Å². The Bertz CT molecular complexity index is 871. The molecule has 0 bridgehead atoms. The van der Waals surface area contributed by atoms with Crippen LogP contribution >= 0.6 is 11.6 Å². The summed E-state index contributed by atoms with van der Waals surface area (Å²) in [5.41, 5.74) is -0.138. The van der Waals surface area contributed by atoms with Crippen molar-refractivity contribution in [2.24, 2.45) is 0 Å². The van der Waals surface area contributed by atoms with Crippen molar-refractivity contribution in [2.75, 3.05) is 19.0 Å². The Kier molecular flexibility index (Phi) is 7.16. The fourth-order valence-corrected chi connectivity index (χ4v) is 2.24. The third-order valence-corrected chi connectivity index (χ3v) is 3.72. The Hall–Kier alpha value is -3.33. The summed E-state index contributed by atoms with van der Waals surface area (Å²) in [6.07, 6.45) is -0.957. The molecule has 10 heteroatoms. The van der Waals surface area contributed by atoms with Gasteiger partial charge >= 0.3 is 5.97 Å². The molecule has 2 aromatic rings. The van der Waals surface area contributed by atoms with Gasteiger partial charge in [0.25, 0.3) is 11.6 Å². The first kappa shape index (κ1) is 21.0. The average Bonchev–Trinajstić information content (AvgIpc) is 2.67. The highest BCUT2D eigenvalue weighted by atomic mass is 35.5. The smallest absolute Gasteiger partial charge is 0.347 e. The van der Waals surface area contributed by atoms with Crippen molar-refractivity contribution in [3.8, 4) is 11.5 Å². The number of halogens is 1. The lowest BCUT2D eigenvalue weighted by molar-refractivity contribution is -0.384. The van der Waals surface area contributed by atoms with Crippen LogP contribution in [0.15, 0.2) is 42.5 Å². The molecular formula is C18H17ClN2O7. The molecule has 1 N–H and O–H groups in total. The molecule has 2 rings (SSSR count). The van der Waals surface area contributed by atoms with E-state index in [4.69, 9.17) is 25.8 Å². The van der Waals surface area contributed by atoms with Crippen molar-refractivity contribution in [1.29, 1.82) is 0 Å². The number of hydrogen-bond donors (Lipinski definition) is 1. The summed E-state index contributed by atoms with van der Waals surface area (Å²) in [4.78, 5) is 34.2. The van der Waals surface area contributed by atoms with Crippen LogP contribution in [0.25, 0.3) is 0 Å². The molecule has 0 aromatic heterocycles. The molecule has 0 aliphatic heterocycles. The minimum Gasteiger partial charge on any atom is -0.495 e. The van der Waals surface area contributed by atoms with Crippen LogP contribution in [0.2, 0.25) is 5.02 Å². The number of carbonyl (C=O) groups is 2. The van der Waals surface area contributed by atoms with Crippen molar-refractivity contribution in [1.82, 2.24) is 0 Å². The maximum atomic E-state index is 12.0. The summed E-state index contributed by atoms with van der Waals surface area (Å²) >= 11 is 5.77. The van der Waals surface area contributed by atoms with E-state index < -0.39 is 29.5 Å². The minimum absolute atomic E-state index is 0.0863. The van der Waals surface area contributed by atoms with Gasteiger partial charge < -0.3 is 19.5 Å². The molecule has 0 radical (unpaired) electrons. The highest BCUT2D eigenvalue weighted by Crippen LogP contribution is 2.28. The monoisotopic (exact) mass is 408 g/mol. The second-order valence-corrected chi connectivity index (χ2v) is 5.95. The number of anilines is 1. The molecule has 148 valence electrons. The van der Waals surface area contributed by atoms with Crippen LogP contribution in [0.4, 0.5) is 11.4 Å². The molecule has 28 heavy (non-hydrogen) atoms. The number of nitro groups is 1. The molecular weight excluding hydrogens is 392 g/mol. The zero-order chi connectivity index (χ0) is 20.7. The molecule has 0 aliphatic carbocycles. The third kappa shape index (κ3) is 5.85. The standard InChI is InChI=1S/C18H17ClN2O7/c1-11(28-14-6-3-12(19)4-7-14)18(23)27-10-17(22)20-15-9-13(21(24)25)5-8-16(15)26-2/h3-9,11H,10H2,1-2H3,(H,20,22)/t11-/m1/s1. The quantitative estimate of drug-likeness (QED) is 0.405. The molecule has 0 saturated heterocycles. The number of carbonyl (C=O) groups excluding carboxylic acids is 2. The van der Waals surface area contributed by atoms with E-state index in [1.165, 1.54) is 26.2 Å². The Morgan fingerprint density at radius 1 is 1.21 bits per heavy atom. The van der Waals surface area contributed by atoms with Crippen LogP contribution < -0.4 is 14.8 Å². The first-order chi connectivity index (χ1) is 13.3. The molecule has 0 heterocycles. The fourth-order valence-electron chi connectivity index (χ4n) is 2.11. The number of esters is 1. The average molecular weight is 409 g/mol. The summed E-state index contributed by atoms with van der Waals surface area (Å²) in [5.74, 6) is -0.800. The van der Waals surface area contributed by atoms with Gasteiger partial charge in [0.2, 0.25) is 0 Å². The molecule has 0 fully saturated rings. The van der Waals surface area contributed by atoms with Crippen LogP contribution in [0.3, 0.4) is 0 Å². The van der Waals surface area contributed by atoms with Crippen molar-refractivity contribution in [3.63, 3.8) is 0 Å². The summed E-state index contributed by atoms with van der Waals surface area (Å²) in [6.45, 7) is 0.872. The minimum atomic E-state index is -0.957. The number of benzene rings is 2. The lowest BCUT2D eigenvalue weighted by atomic mass is 10.2. The summed E-state index contributed by atoms with van der Waals surface area (Å²) in [5, 5.41) is 13.8. The van der Waals surface area contributed by atoms with Crippen LogP contribution in [0.1, 0.15) is 6.92 Å². The van der Waals surface area contributed by atoms with Crippen molar-refractivity contribution < 1.29 is 28.7 Å². The molecule has 0 aliphatic rings. The van der Waals surface area contributed by atoms with Crippen LogP contribution in [-0.4, -0.2) is 36.6 Å². The number of nitro benzene ring substituents is 1. The maximum Gasteiger partial charge on any atom is 0.347 e. The predicted octanol–water partition coefficient (Wildman–Crippen LogP) is 3.21. The topological polar surface area (TPSA) is 117 Å². The molecule has 1 amide bonds. The predicted molar refractivity (Wildman–Crippen MR) is 101 cm³/mol. The van der Waals surface area contributed by atoms with Gasteiger partial charge in [-0.3, -0.25) is 14.9 Å². The Morgan fingerprint density at radius 2 is 1.89 bits per heavy atom. The Balaban J connectivity index is 1.91. The molecule has 9 nitrogen and oxygen atoms in total. The lowest BCUT2D eigenvalue weighted by Gasteiger charge is -2.14. The second-order valence-electron chi connectivity index (χ2n) is 5.51. The number of methoxy groups -OCH3 is 1. The lowest BCUT2D eigenvalue weighted by Crippen LogP contribution is -2.29. The van der Waals surface area contributed by atoms with E-state index in [-0.39, 0.29) is 17.1 Å². The van der Waals surface area contributed by atoms with E-state index in [0.29, 0.717) is 10.8 Å². The molecule has 0 unspecified atom stereocenters. The van der Waals surface area contributed by atoms with Gasteiger partial charge in [0.1, 0.15) is 11.5 Å². The number of rotatable bonds is 8. The number of amides is 1. The third-order valence-electron chi connectivity index (χ3n) is 3.47. The van der Waals surface area contributed by atoms with Crippen LogP contribution in [-0.2, 0) is 14.3 Å². The van der Waals surface area contributed by atoms with E-state index in [1.807, 2.05) is 0 Å². The van der Waals surface area contributed by atoms with Crippen LogP contribution in [0, 0.1) is 10.1 Å². The SMILES string of the molecule is COc1ccc([N+](=O)[O-])cc1NC(=O)COC(=O)[C@@H](C)Oc1ccc(Cl)cc1. The summed E-state index contributed by atoms with van der Waals surface area (Å²) < 4.78 is 15.4. The van der Waals surface area contributed by atoms with Gasteiger partial charge in [-0.1, -0.05) is 11.6 Å². The number of ether oxygens (including phenoxy) is 3. The number of nitrogens with zero attached hydrogens (tertiary/aromatic N) is 1. The largest absolute Gasteiger partial charge is 0.495 e. The Labute approximate surface area is 165 Å². The van der Waals surface area contributed by atoms with Gasteiger partial charge in [-0.2, -0.15) is 0 Å². The fraction of sp³-hybridized carbons (Fsp3) is 0.222. The van der Waals surface area contributed by atoms with E-state index in [9.17, 15) is 19.7 Å². The normalized spacial score (nSPS) is 11.2. The number of hydrogen-bond acceptors (Lipinski definition) is 7. The maximum absolute atomic E-state index is 12.0. The van der Waals surface area contributed by atoms with E-state index in [1.54, 1.807) is 24.3 Å². The molecule has 0 saturated carbocycles. The van der Waals surface area contributed by atoms with Gasteiger partial charge in [-0.15, -0.1) is 0 Å². The van der Waals surface area contributed by atoms with Crippen molar-refractivity contribution in [3.05, 3.63) is 57.6 Å². The van der Waals surface area contributed by atoms with Gasteiger partial charge in [-0.05, 0) is 37.3 Å². The van der Waals surface area contributed by atoms with Gasteiger partial charge in [0.15, 0.2) is 12.7 Å². The van der Waals surface area contributed by atoms with Gasteiger partial charge in [0, 0.05) is 17.2 Å². The molecule has 0 spiro atoms. The zero-order valence-electron chi connectivity index (χ0n) is 15.0. The second kappa shape index (κ2) is 9.56. The number of non-ortho nitro benzene ring substituents is 1. The number of nitrogens with one attached hydrogen (secondary N) is 1. The van der Waals surface area contributed by atoms with Gasteiger partial charge in [0.05, 0.1) is 17.7 Å².